The molecule has 0 aliphatic rings. The highest BCUT2D eigenvalue weighted by Gasteiger charge is 2.25. The minimum Gasteiger partial charge on any atom is -0.331 e. The number of halogens is 1. The molecule has 0 atom stereocenters. The van der Waals surface area contributed by atoms with Crippen LogP contribution in [0.2, 0.25) is 0 Å². The quantitative estimate of drug-likeness (QED) is 0.654. The van der Waals surface area contributed by atoms with Gasteiger partial charge in [-0.05, 0) is 20.8 Å². The lowest BCUT2D eigenvalue weighted by Crippen LogP contribution is -2.47. The fourth-order valence-corrected chi connectivity index (χ4v) is 1.12. The molecule has 0 saturated heterocycles. The maximum Gasteiger partial charge on any atom is 0.220 e. The molecule has 1 amide bonds. The lowest BCUT2D eigenvalue weighted by atomic mass is 10.1. The number of hydrogen-bond acceptors (Lipinski definition) is 2. The van der Waals surface area contributed by atoms with Crippen LogP contribution in [0.3, 0.4) is 0 Å². The highest BCUT2D eigenvalue weighted by molar-refractivity contribution is 6.28. The third kappa shape index (κ3) is 4.27. The van der Waals surface area contributed by atoms with Gasteiger partial charge in [0.1, 0.15) is 0 Å². The monoisotopic (exact) mass is 205 g/mol. The van der Waals surface area contributed by atoms with Crippen molar-refractivity contribution >= 4 is 23.3 Å². The number of amides is 1. The van der Waals surface area contributed by atoms with E-state index < -0.39 is 0 Å². The van der Waals surface area contributed by atoms with Gasteiger partial charge in [-0.15, -0.1) is 11.6 Å². The van der Waals surface area contributed by atoms with Crippen LogP contribution in [0.25, 0.3) is 0 Å². The molecule has 4 heteroatoms. The highest BCUT2D eigenvalue weighted by atomic mass is 35.5. The summed E-state index contributed by atoms with van der Waals surface area (Å²) in [7, 11) is 0. The van der Waals surface area contributed by atoms with Gasteiger partial charge in [-0.2, -0.15) is 0 Å². The molecule has 0 aliphatic carbocycles. The summed E-state index contributed by atoms with van der Waals surface area (Å²) in [4.78, 5) is 23.7. The molecule has 0 radical (unpaired) electrons. The van der Waals surface area contributed by atoms with Crippen LogP contribution in [0.4, 0.5) is 0 Å². The normalized spacial score (nSPS) is 11.2. The van der Waals surface area contributed by atoms with Crippen molar-refractivity contribution in [2.75, 3.05) is 12.4 Å². The second-order valence-electron chi connectivity index (χ2n) is 3.95. The van der Waals surface area contributed by atoms with E-state index in [4.69, 9.17) is 11.6 Å². The largest absolute Gasteiger partial charge is 0.331 e. The molecule has 0 heterocycles. The Morgan fingerprint density at radius 2 is 1.77 bits per heavy atom. The molecule has 0 saturated carbocycles. The Balaban J connectivity index is 4.46. The molecule has 0 spiro atoms. The van der Waals surface area contributed by atoms with Gasteiger partial charge in [0.2, 0.25) is 5.91 Å². The average molecular weight is 206 g/mol. The molecule has 3 nitrogen and oxygen atoms in total. The first-order valence-corrected chi connectivity index (χ1v) is 4.68. The zero-order valence-electron chi connectivity index (χ0n) is 8.56. The molecule has 0 rings (SSSR count). The van der Waals surface area contributed by atoms with Crippen molar-refractivity contribution in [3.05, 3.63) is 0 Å². The predicted octanol–water partition coefficient (Wildman–Crippen LogP) is 1.44. The Kier molecular flexibility index (Phi) is 4.40. The Bertz CT molecular complexity index is 208. The summed E-state index contributed by atoms with van der Waals surface area (Å²) in [5, 5.41) is 0. The minimum atomic E-state index is -0.326. The van der Waals surface area contributed by atoms with E-state index in [9.17, 15) is 9.59 Å². The minimum absolute atomic E-state index is 0.0418. The third-order valence-electron chi connectivity index (χ3n) is 1.67. The Morgan fingerprint density at radius 1 is 1.31 bits per heavy atom. The molecule has 0 N–H and O–H groups in total. The van der Waals surface area contributed by atoms with Crippen LogP contribution >= 0.6 is 11.6 Å². The molecule has 0 fully saturated rings. The molecule has 0 aromatic rings. The summed E-state index contributed by atoms with van der Waals surface area (Å²) >= 11 is 5.36. The summed E-state index contributed by atoms with van der Waals surface area (Å²) in [6.45, 7) is 7.21. The van der Waals surface area contributed by atoms with Crippen molar-refractivity contribution in [3.8, 4) is 0 Å². The lowest BCUT2D eigenvalue weighted by Gasteiger charge is -2.34. The molecule has 0 bridgehead atoms. The van der Waals surface area contributed by atoms with Crippen LogP contribution in [-0.4, -0.2) is 34.6 Å². The van der Waals surface area contributed by atoms with Gasteiger partial charge in [-0.1, -0.05) is 0 Å². The summed E-state index contributed by atoms with van der Waals surface area (Å²) in [5.41, 5.74) is -0.326. The summed E-state index contributed by atoms with van der Waals surface area (Å²) in [6.07, 6.45) is 0. The number of alkyl halides is 1. The van der Waals surface area contributed by atoms with Crippen molar-refractivity contribution < 1.29 is 9.59 Å². The first-order chi connectivity index (χ1) is 5.79. The van der Waals surface area contributed by atoms with E-state index in [1.165, 1.54) is 11.8 Å². The van der Waals surface area contributed by atoms with E-state index in [0.717, 1.165) is 0 Å². The number of nitrogens with zero attached hydrogens (tertiary/aromatic N) is 1. The molecule has 13 heavy (non-hydrogen) atoms. The molecule has 0 aliphatic heterocycles. The Hall–Kier alpha value is -0.570. The van der Waals surface area contributed by atoms with Gasteiger partial charge in [-0.25, -0.2) is 0 Å². The van der Waals surface area contributed by atoms with E-state index >= 15 is 0 Å². The maximum absolute atomic E-state index is 11.2. The van der Waals surface area contributed by atoms with Crippen molar-refractivity contribution in [2.45, 2.75) is 33.2 Å². The highest BCUT2D eigenvalue weighted by Crippen LogP contribution is 2.12. The van der Waals surface area contributed by atoms with Crippen molar-refractivity contribution in [1.82, 2.24) is 4.90 Å². The summed E-state index contributed by atoms with van der Waals surface area (Å²) < 4.78 is 0. The second-order valence-corrected chi connectivity index (χ2v) is 4.22. The van der Waals surface area contributed by atoms with Crippen LogP contribution in [-0.2, 0) is 9.59 Å². The molecule has 0 aromatic heterocycles. The molecule has 76 valence electrons. The molecular weight excluding hydrogens is 190 g/mol. The standard InChI is InChI=1S/C9H16ClNO2/c1-7(12)11(9(2,3)4)6-8(13)5-10/h5-6H2,1-4H3. The summed E-state index contributed by atoms with van der Waals surface area (Å²) in [5.74, 6) is -0.280. The van der Waals surface area contributed by atoms with Gasteiger partial charge in [0.05, 0.1) is 12.4 Å². The smallest absolute Gasteiger partial charge is 0.220 e. The van der Waals surface area contributed by atoms with Crippen LogP contribution in [0.15, 0.2) is 0 Å². The van der Waals surface area contributed by atoms with Crippen molar-refractivity contribution in [3.63, 3.8) is 0 Å². The number of Topliss-reactive ketones (excluding diaryl/α,β-unsaturated/α-hetero) is 1. The van der Waals surface area contributed by atoms with Gasteiger partial charge in [0.25, 0.3) is 0 Å². The van der Waals surface area contributed by atoms with E-state index in [2.05, 4.69) is 0 Å². The number of ketones is 1. The fourth-order valence-electron chi connectivity index (χ4n) is 1.04. The number of carbonyl (C=O) groups is 2. The maximum atomic E-state index is 11.2. The van der Waals surface area contributed by atoms with E-state index in [0.29, 0.717) is 0 Å². The molecule has 0 unspecified atom stereocenters. The van der Waals surface area contributed by atoms with Gasteiger partial charge >= 0.3 is 0 Å². The Morgan fingerprint density at radius 3 is 2.00 bits per heavy atom. The predicted molar refractivity (Wildman–Crippen MR) is 52.9 cm³/mol. The van der Waals surface area contributed by atoms with Gasteiger partial charge in [0, 0.05) is 12.5 Å². The van der Waals surface area contributed by atoms with Crippen LogP contribution < -0.4 is 0 Å². The zero-order chi connectivity index (χ0) is 10.6. The SMILES string of the molecule is CC(=O)N(CC(=O)CCl)C(C)(C)C. The Labute approximate surface area is 84.0 Å². The lowest BCUT2D eigenvalue weighted by molar-refractivity contribution is -0.137. The van der Waals surface area contributed by atoms with Gasteiger partial charge in [-0.3, -0.25) is 9.59 Å². The van der Waals surface area contributed by atoms with Gasteiger partial charge in [0.15, 0.2) is 5.78 Å². The van der Waals surface area contributed by atoms with Gasteiger partial charge < -0.3 is 4.90 Å². The number of carbonyl (C=O) groups excluding carboxylic acids is 2. The van der Waals surface area contributed by atoms with Crippen LogP contribution in [0.5, 0.6) is 0 Å². The fraction of sp³-hybridized carbons (Fsp3) is 0.778. The van der Waals surface area contributed by atoms with Crippen molar-refractivity contribution in [1.29, 1.82) is 0 Å². The van der Waals surface area contributed by atoms with E-state index in [1.807, 2.05) is 20.8 Å². The molecular formula is C9H16ClNO2. The van der Waals surface area contributed by atoms with Crippen molar-refractivity contribution in [2.24, 2.45) is 0 Å². The number of rotatable bonds is 3. The topological polar surface area (TPSA) is 37.4 Å². The van der Waals surface area contributed by atoms with Crippen LogP contribution in [0, 0.1) is 0 Å². The average Bonchev–Trinajstić information content (AvgIpc) is 1.96. The van der Waals surface area contributed by atoms with Crippen LogP contribution in [0.1, 0.15) is 27.7 Å². The zero-order valence-corrected chi connectivity index (χ0v) is 9.31. The van der Waals surface area contributed by atoms with E-state index in [-0.39, 0.29) is 29.7 Å². The molecule has 0 aromatic carbocycles. The number of hydrogen-bond donors (Lipinski definition) is 0. The first kappa shape index (κ1) is 12.4. The third-order valence-corrected chi connectivity index (χ3v) is 1.97. The second kappa shape index (κ2) is 4.61. The summed E-state index contributed by atoms with van der Waals surface area (Å²) in [6, 6.07) is 0. The van der Waals surface area contributed by atoms with E-state index in [1.54, 1.807) is 0 Å². The first-order valence-electron chi connectivity index (χ1n) is 4.15.